The highest BCUT2D eigenvalue weighted by Crippen LogP contribution is 2.19. The number of amides is 2. The van der Waals surface area contributed by atoms with Gasteiger partial charge >= 0.3 is 0 Å². The first-order valence-corrected chi connectivity index (χ1v) is 6.02. The van der Waals surface area contributed by atoms with Crippen LogP contribution in [0.3, 0.4) is 0 Å². The first-order chi connectivity index (χ1) is 7.40. The predicted octanol–water partition coefficient (Wildman–Crippen LogP) is 1.16. The second kappa shape index (κ2) is 4.85. The number of hydrogen-bond acceptors (Lipinski definition) is 2. The molecule has 0 saturated carbocycles. The zero-order chi connectivity index (χ0) is 12.5. The van der Waals surface area contributed by atoms with Crippen LogP contribution in [0.2, 0.25) is 0 Å². The molecular formula is C12H22N2O2. The maximum Gasteiger partial charge on any atom is 0.246 e. The molecule has 3 atom stereocenters. The van der Waals surface area contributed by atoms with Gasteiger partial charge in [-0.3, -0.25) is 9.59 Å². The van der Waals surface area contributed by atoms with Crippen molar-refractivity contribution in [1.82, 2.24) is 10.2 Å². The first-order valence-electron chi connectivity index (χ1n) is 6.02. The fraction of sp³-hybridized carbons (Fsp3) is 0.833. The van der Waals surface area contributed by atoms with Gasteiger partial charge in [-0.2, -0.15) is 0 Å². The van der Waals surface area contributed by atoms with Crippen molar-refractivity contribution in [2.75, 3.05) is 0 Å². The van der Waals surface area contributed by atoms with Crippen LogP contribution >= 0.6 is 0 Å². The van der Waals surface area contributed by atoms with Gasteiger partial charge in [0, 0.05) is 6.04 Å². The second-order valence-corrected chi connectivity index (χ2v) is 4.89. The lowest BCUT2D eigenvalue weighted by Crippen LogP contribution is -2.65. The Balaban J connectivity index is 2.93. The van der Waals surface area contributed by atoms with Crippen LogP contribution in [0.5, 0.6) is 0 Å². The highest BCUT2D eigenvalue weighted by Gasteiger charge is 2.40. The SMILES string of the molecule is CCC(C)C1NC(=O)C(C)N(C(C)C)C1=O. The van der Waals surface area contributed by atoms with Crippen molar-refractivity contribution < 1.29 is 9.59 Å². The standard InChI is InChI=1S/C12H22N2O2/c1-6-8(4)10-12(16)14(7(2)3)9(5)11(15)13-10/h7-10H,6H2,1-5H3,(H,13,15). The van der Waals surface area contributed by atoms with Gasteiger partial charge in [-0.15, -0.1) is 0 Å². The van der Waals surface area contributed by atoms with Crippen molar-refractivity contribution >= 4 is 11.8 Å². The lowest BCUT2D eigenvalue weighted by Gasteiger charge is -2.41. The van der Waals surface area contributed by atoms with Gasteiger partial charge in [0.15, 0.2) is 0 Å². The summed E-state index contributed by atoms with van der Waals surface area (Å²) in [5.74, 6) is 0.195. The molecule has 2 amide bonds. The third-order valence-electron chi connectivity index (χ3n) is 3.38. The summed E-state index contributed by atoms with van der Waals surface area (Å²) in [4.78, 5) is 25.7. The van der Waals surface area contributed by atoms with Gasteiger partial charge in [-0.05, 0) is 26.7 Å². The Hall–Kier alpha value is -1.06. The molecule has 1 heterocycles. The molecule has 1 aliphatic rings. The Morgan fingerprint density at radius 3 is 2.31 bits per heavy atom. The molecule has 1 rings (SSSR count). The summed E-state index contributed by atoms with van der Waals surface area (Å²) in [5, 5.41) is 2.82. The molecule has 92 valence electrons. The molecule has 16 heavy (non-hydrogen) atoms. The average Bonchev–Trinajstić information content (AvgIpc) is 2.22. The lowest BCUT2D eigenvalue weighted by molar-refractivity contribution is -0.152. The van der Waals surface area contributed by atoms with E-state index in [0.29, 0.717) is 0 Å². The Labute approximate surface area is 97.4 Å². The number of carbonyl (C=O) groups is 2. The molecule has 1 aliphatic heterocycles. The van der Waals surface area contributed by atoms with Crippen molar-refractivity contribution in [3.63, 3.8) is 0 Å². The van der Waals surface area contributed by atoms with Crippen LogP contribution in [0.1, 0.15) is 41.0 Å². The smallest absolute Gasteiger partial charge is 0.246 e. The van der Waals surface area contributed by atoms with Crippen molar-refractivity contribution in [2.24, 2.45) is 5.92 Å². The number of nitrogens with one attached hydrogen (secondary N) is 1. The minimum Gasteiger partial charge on any atom is -0.342 e. The van der Waals surface area contributed by atoms with Crippen LogP contribution in [-0.2, 0) is 9.59 Å². The minimum atomic E-state index is -0.354. The van der Waals surface area contributed by atoms with E-state index in [-0.39, 0.29) is 35.9 Å². The maximum absolute atomic E-state index is 12.2. The Morgan fingerprint density at radius 1 is 1.31 bits per heavy atom. The van der Waals surface area contributed by atoms with E-state index in [1.807, 2.05) is 27.7 Å². The molecule has 0 aromatic heterocycles. The lowest BCUT2D eigenvalue weighted by atomic mass is 9.94. The summed E-state index contributed by atoms with van der Waals surface area (Å²) in [6, 6.07) is -0.635. The molecule has 1 fully saturated rings. The number of carbonyl (C=O) groups excluding carboxylic acids is 2. The predicted molar refractivity (Wildman–Crippen MR) is 62.8 cm³/mol. The molecule has 0 spiro atoms. The maximum atomic E-state index is 12.2. The van der Waals surface area contributed by atoms with Crippen LogP contribution in [0.25, 0.3) is 0 Å². The molecule has 1 saturated heterocycles. The van der Waals surface area contributed by atoms with Crippen LogP contribution in [0.4, 0.5) is 0 Å². The number of rotatable bonds is 3. The van der Waals surface area contributed by atoms with Crippen molar-refractivity contribution in [1.29, 1.82) is 0 Å². The van der Waals surface area contributed by atoms with Gasteiger partial charge in [0.2, 0.25) is 11.8 Å². The summed E-state index contributed by atoms with van der Waals surface area (Å²) < 4.78 is 0. The van der Waals surface area contributed by atoms with E-state index in [1.165, 1.54) is 0 Å². The third kappa shape index (κ3) is 2.20. The van der Waals surface area contributed by atoms with E-state index < -0.39 is 0 Å². The van der Waals surface area contributed by atoms with Gasteiger partial charge in [-0.25, -0.2) is 0 Å². The Morgan fingerprint density at radius 2 is 1.88 bits per heavy atom. The van der Waals surface area contributed by atoms with Crippen LogP contribution in [0, 0.1) is 5.92 Å². The molecule has 0 bridgehead atoms. The largest absolute Gasteiger partial charge is 0.342 e. The van der Waals surface area contributed by atoms with Gasteiger partial charge in [-0.1, -0.05) is 20.3 Å². The highest BCUT2D eigenvalue weighted by molar-refractivity contribution is 5.97. The zero-order valence-electron chi connectivity index (χ0n) is 10.8. The third-order valence-corrected chi connectivity index (χ3v) is 3.38. The molecule has 4 heteroatoms. The fourth-order valence-electron chi connectivity index (χ4n) is 2.14. The normalized spacial score (nSPS) is 28.2. The van der Waals surface area contributed by atoms with Crippen molar-refractivity contribution in [2.45, 2.75) is 59.2 Å². The summed E-state index contributed by atoms with van der Waals surface area (Å²) in [6.07, 6.45) is 0.886. The van der Waals surface area contributed by atoms with Crippen LogP contribution in [0.15, 0.2) is 0 Å². The Kier molecular flexibility index (Phi) is 3.94. The number of piperazine rings is 1. The molecule has 3 unspecified atom stereocenters. The molecule has 0 aliphatic carbocycles. The van der Waals surface area contributed by atoms with E-state index in [0.717, 1.165) is 6.42 Å². The van der Waals surface area contributed by atoms with Gasteiger partial charge in [0.1, 0.15) is 12.1 Å². The molecule has 0 radical (unpaired) electrons. The molecule has 4 nitrogen and oxygen atoms in total. The van der Waals surface area contributed by atoms with E-state index in [2.05, 4.69) is 5.32 Å². The van der Waals surface area contributed by atoms with Gasteiger partial charge in [0.05, 0.1) is 0 Å². The fourth-order valence-corrected chi connectivity index (χ4v) is 2.14. The molecule has 1 N–H and O–H groups in total. The summed E-state index contributed by atoms with van der Waals surface area (Å²) >= 11 is 0. The number of nitrogens with zero attached hydrogens (tertiary/aromatic N) is 1. The summed E-state index contributed by atoms with van der Waals surface area (Å²) in [6.45, 7) is 9.70. The molecular weight excluding hydrogens is 204 g/mol. The first kappa shape index (κ1) is 13.0. The summed E-state index contributed by atoms with van der Waals surface area (Å²) in [5.41, 5.74) is 0. The zero-order valence-corrected chi connectivity index (χ0v) is 10.8. The van der Waals surface area contributed by atoms with E-state index in [9.17, 15) is 9.59 Å². The number of hydrogen-bond donors (Lipinski definition) is 1. The molecule has 0 aromatic rings. The highest BCUT2D eigenvalue weighted by atomic mass is 16.2. The monoisotopic (exact) mass is 226 g/mol. The van der Waals surface area contributed by atoms with Gasteiger partial charge < -0.3 is 10.2 Å². The van der Waals surface area contributed by atoms with Crippen molar-refractivity contribution in [3.8, 4) is 0 Å². The summed E-state index contributed by atoms with van der Waals surface area (Å²) in [7, 11) is 0. The van der Waals surface area contributed by atoms with E-state index in [4.69, 9.17) is 0 Å². The molecule has 0 aromatic carbocycles. The van der Waals surface area contributed by atoms with Crippen molar-refractivity contribution in [3.05, 3.63) is 0 Å². The van der Waals surface area contributed by atoms with Gasteiger partial charge in [0.25, 0.3) is 0 Å². The average molecular weight is 226 g/mol. The van der Waals surface area contributed by atoms with Crippen LogP contribution < -0.4 is 5.32 Å². The second-order valence-electron chi connectivity index (χ2n) is 4.89. The topological polar surface area (TPSA) is 49.4 Å². The van der Waals surface area contributed by atoms with Crippen LogP contribution in [-0.4, -0.2) is 34.8 Å². The van der Waals surface area contributed by atoms with E-state index >= 15 is 0 Å². The Bertz CT molecular complexity index is 289. The van der Waals surface area contributed by atoms with E-state index in [1.54, 1.807) is 11.8 Å². The quantitative estimate of drug-likeness (QED) is 0.785. The minimum absolute atomic E-state index is 0.0430.